The lowest BCUT2D eigenvalue weighted by molar-refractivity contribution is -0.619. The fourth-order valence-electron chi connectivity index (χ4n) is 6.29. The first-order valence-electron chi connectivity index (χ1n) is 10.3. The zero-order chi connectivity index (χ0) is 20.4. The summed E-state index contributed by atoms with van der Waals surface area (Å²) in [5.41, 5.74) is -1.14. The second-order valence-electron chi connectivity index (χ2n) is 8.62. The third-order valence-corrected chi connectivity index (χ3v) is 7.73. The maximum absolute atomic E-state index is 14.1. The smallest absolute Gasteiger partial charge is 0.315 e. The van der Waals surface area contributed by atoms with Gasteiger partial charge in [-0.25, -0.2) is 15.0 Å². The summed E-state index contributed by atoms with van der Waals surface area (Å²) in [4.78, 5) is 15.9. The quantitative estimate of drug-likeness (QED) is 0.531. The van der Waals surface area contributed by atoms with Crippen LogP contribution in [0.4, 0.5) is 13.2 Å². The molecule has 4 heterocycles. The minimum absolute atomic E-state index is 0.0452. The summed E-state index contributed by atoms with van der Waals surface area (Å²) < 4.78 is 54.0. The molecule has 0 unspecified atom stereocenters. The Bertz CT molecular complexity index is 603. The number of halogens is 3. The van der Waals surface area contributed by atoms with Crippen LogP contribution in [0, 0.1) is 23.7 Å². The molecule has 2 bridgehead atoms. The molecule has 0 aromatic carbocycles. The minimum atomic E-state index is -4.93. The fourth-order valence-corrected chi connectivity index (χ4v) is 6.29. The van der Waals surface area contributed by atoms with Crippen LogP contribution in [0.5, 0.6) is 0 Å². The van der Waals surface area contributed by atoms with Crippen LogP contribution in [0.15, 0.2) is 0 Å². The maximum Gasteiger partial charge on any atom is 0.446 e. The molecule has 1 aliphatic carbocycles. The van der Waals surface area contributed by atoms with Gasteiger partial charge in [-0.2, -0.15) is 18.1 Å². The van der Waals surface area contributed by atoms with Gasteiger partial charge in [-0.05, 0) is 37.5 Å². The highest BCUT2D eigenvalue weighted by Gasteiger charge is 2.78. The second kappa shape index (κ2) is 6.78. The Kier molecular flexibility index (Phi) is 5.04. The molecule has 162 valence electrons. The van der Waals surface area contributed by atoms with Crippen molar-refractivity contribution in [1.29, 1.82) is 0 Å². The standard InChI is InChI=1S/C19H29F3O6/c1-4-11-7-8-14-12(5-2)18(26-23,19(20,21)22)25-15-17(14)13(11)9-10-16(6-3,24-15)27-28-17/h11-15,23H,4-10H2,1-3H3/t11-,12-,13+,14+,15+,16+,17-,18+/m1/s1. The molecule has 1 saturated carbocycles. The number of alkyl halides is 3. The Morgan fingerprint density at radius 1 is 1.00 bits per heavy atom. The molecule has 1 N–H and O–H groups in total. The molecule has 8 atom stereocenters. The SMILES string of the molecule is CC[C@@H]1CC[C@H]2[C@@H](CC)[C@](OO)(C(F)(F)F)O[C@@H]3O[C@]4(CC)CC[C@@H]1[C@]32OO4. The molecule has 4 aliphatic heterocycles. The molecule has 5 aliphatic rings. The van der Waals surface area contributed by atoms with Crippen LogP contribution in [-0.2, 0) is 24.1 Å². The van der Waals surface area contributed by atoms with Crippen LogP contribution in [-0.4, -0.2) is 34.9 Å². The normalized spacial score (nSPS) is 50.9. The molecule has 4 saturated heterocycles. The third kappa shape index (κ3) is 2.50. The van der Waals surface area contributed by atoms with Crippen LogP contribution in [0.1, 0.15) is 65.7 Å². The summed E-state index contributed by atoms with van der Waals surface area (Å²) in [7, 11) is 0. The zero-order valence-electron chi connectivity index (χ0n) is 16.5. The average Bonchev–Trinajstić information content (AvgIpc) is 2.93. The Balaban J connectivity index is 1.87. The van der Waals surface area contributed by atoms with Crippen LogP contribution in [0.2, 0.25) is 0 Å². The molecule has 0 radical (unpaired) electrons. The molecule has 0 amide bonds. The molecule has 5 rings (SSSR count). The van der Waals surface area contributed by atoms with E-state index in [1.54, 1.807) is 6.92 Å². The van der Waals surface area contributed by atoms with Crippen molar-refractivity contribution in [2.24, 2.45) is 23.7 Å². The molecule has 0 aromatic heterocycles. The fraction of sp³-hybridized carbons (Fsp3) is 1.00. The van der Waals surface area contributed by atoms with Gasteiger partial charge in [0.25, 0.3) is 0 Å². The third-order valence-electron chi connectivity index (χ3n) is 7.73. The van der Waals surface area contributed by atoms with E-state index in [-0.39, 0.29) is 18.3 Å². The van der Waals surface area contributed by atoms with Gasteiger partial charge in [-0.3, -0.25) is 0 Å². The van der Waals surface area contributed by atoms with Gasteiger partial charge in [-0.15, -0.1) is 0 Å². The average molecular weight is 410 g/mol. The lowest BCUT2D eigenvalue weighted by Gasteiger charge is -2.63. The topological polar surface area (TPSA) is 66.4 Å². The summed E-state index contributed by atoms with van der Waals surface area (Å²) in [6.45, 7) is 5.56. The predicted molar refractivity (Wildman–Crippen MR) is 89.4 cm³/mol. The van der Waals surface area contributed by atoms with Crippen LogP contribution in [0.3, 0.4) is 0 Å². The molecule has 0 aromatic rings. The van der Waals surface area contributed by atoms with Gasteiger partial charge < -0.3 is 9.47 Å². The van der Waals surface area contributed by atoms with Crippen molar-refractivity contribution in [2.75, 3.05) is 0 Å². The summed E-state index contributed by atoms with van der Waals surface area (Å²) in [5.74, 6) is -5.78. The Labute approximate surface area is 162 Å². The lowest BCUT2D eigenvalue weighted by Crippen LogP contribution is -2.76. The van der Waals surface area contributed by atoms with Crippen molar-refractivity contribution in [2.45, 2.75) is 95.4 Å². The first-order chi connectivity index (χ1) is 13.2. The number of ether oxygens (including phenoxy) is 2. The highest BCUT2D eigenvalue weighted by Crippen LogP contribution is 2.65. The highest BCUT2D eigenvalue weighted by atomic mass is 19.4. The van der Waals surface area contributed by atoms with Crippen molar-refractivity contribution in [3.8, 4) is 0 Å². The van der Waals surface area contributed by atoms with Crippen molar-refractivity contribution < 1.29 is 42.6 Å². The maximum atomic E-state index is 14.1. The van der Waals surface area contributed by atoms with E-state index in [0.29, 0.717) is 19.3 Å². The van der Waals surface area contributed by atoms with Gasteiger partial charge in [-0.1, -0.05) is 27.2 Å². The molecule has 1 spiro atoms. The summed E-state index contributed by atoms with van der Waals surface area (Å²) in [6.07, 6.45) is -2.31. The molecule has 28 heavy (non-hydrogen) atoms. The first kappa shape index (κ1) is 20.8. The highest BCUT2D eigenvalue weighted by molar-refractivity contribution is 5.13. The Morgan fingerprint density at radius 2 is 1.75 bits per heavy atom. The van der Waals surface area contributed by atoms with E-state index in [1.165, 1.54) is 0 Å². The Morgan fingerprint density at radius 3 is 2.32 bits per heavy atom. The van der Waals surface area contributed by atoms with Crippen LogP contribution in [0.25, 0.3) is 0 Å². The lowest BCUT2D eigenvalue weighted by atomic mass is 9.55. The van der Waals surface area contributed by atoms with E-state index in [4.69, 9.17) is 19.2 Å². The summed E-state index contributed by atoms with van der Waals surface area (Å²) in [6, 6.07) is 0. The summed E-state index contributed by atoms with van der Waals surface area (Å²) >= 11 is 0. The van der Waals surface area contributed by atoms with Crippen molar-refractivity contribution in [1.82, 2.24) is 0 Å². The monoisotopic (exact) mass is 410 g/mol. The Hall–Kier alpha value is -0.450. The number of hydrogen-bond acceptors (Lipinski definition) is 6. The number of fused-ring (bicyclic) bond motifs is 2. The molecular formula is C19H29F3O6. The van der Waals surface area contributed by atoms with E-state index >= 15 is 0 Å². The minimum Gasteiger partial charge on any atom is -0.315 e. The van der Waals surface area contributed by atoms with Gasteiger partial charge in [0.1, 0.15) is 0 Å². The van der Waals surface area contributed by atoms with Crippen LogP contribution >= 0.6 is 0 Å². The second-order valence-corrected chi connectivity index (χ2v) is 8.62. The van der Waals surface area contributed by atoms with Crippen molar-refractivity contribution in [3.63, 3.8) is 0 Å². The van der Waals surface area contributed by atoms with E-state index in [9.17, 15) is 18.4 Å². The number of rotatable bonds is 4. The van der Waals surface area contributed by atoms with Crippen molar-refractivity contribution >= 4 is 0 Å². The van der Waals surface area contributed by atoms with Gasteiger partial charge >= 0.3 is 12.0 Å². The van der Waals surface area contributed by atoms with Crippen molar-refractivity contribution in [3.05, 3.63) is 0 Å². The van der Waals surface area contributed by atoms with E-state index in [0.717, 1.165) is 19.3 Å². The van der Waals surface area contributed by atoms with Gasteiger partial charge in [0.05, 0.1) is 0 Å². The molecular weight excluding hydrogens is 381 g/mol. The van der Waals surface area contributed by atoms with E-state index in [1.807, 2.05) is 6.92 Å². The van der Waals surface area contributed by atoms with E-state index in [2.05, 4.69) is 11.8 Å². The predicted octanol–water partition coefficient (Wildman–Crippen LogP) is 4.79. The van der Waals surface area contributed by atoms with Gasteiger partial charge in [0, 0.05) is 24.7 Å². The number of hydrogen-bond donors (Lipinski definition) is 1. The van der Waals surface area contributed by atoms with Gasteiger partial charge in [0.2, 0.25) is 5.79 Å². The van der Waals surface area contributed by atoms with E-state index < -0.39 is 41.5 Å². The first-order valence-corrected chi connectivity index (χ1v) is 10.3. The largest absolute Gasteiger partial charge is 0.446 e. The van der Waals surface area contributed by atoms with Gasteiger partial charge in [0.15, 0.2) is 11.9 Å². The molecule has 6 nitrogen and oxygen atoms in total. The zero-order valence-corrected chi connectivity index (χ0v) is 16.5. The molecule has 9 heteroatoms. The summed E-state index contributed by atoms with van der Waals surface area (Å²) in [5, 5.41) is 9.45. The molecule has 5 fully saturated rings. The van der Waals surface area contributed by atoms with Crippen LogP contribution < -0.4 is 0 Å².